The van der Waals surface area contributed by atoms with Crippen molar-refractivity contribution in [2.24, 2.45) is 0 Å². The number of nitrogens with zero attached hydrogens (tertiary/aromatic N) is 3. The van der Waals surface area contributed by atoms with E-state index in [4.69, 9.17) is 9.57 Å². The van der Waals surface area contributed by atoms with Crippen molar-refractivity contribution < 1.29 is 19.2 Å². The second-order valence-electron chi connectivity index (χ2n) is 9.74. The number of nitrogens with one attached hydrogen (secondary N) is 3. The Bertz CT molecular complexity index is 1060. The highest BCUT2D eigenvalue weighted by molar-refractivity contribution is 5.90. The van der Waals surface area contributed by atoms with Gasteiger partial charge in [0.15, 0.2) is 0 Å². The van der Waals surface area contributed by atoms with Gasteiger partial charge in [0.05, 0.1) is 12.1 Å². The highest BCUT2D eigenvalue weighted by atomic mass is 16.8. The van der Waals surface area contributed by atoms with E-state index >= 15 is 0 Å². The summed E-state index contributed by atoms with van der Waals surface area (Å²) in [5, 5.41) is 7.11. The van der Waals surface area contributed by atoms with Gasteiger partial charge in [0, 0.05) is 12.2 Å². The van der Waals surface area contributed by atoms with Gasteiger partial charge in [0.1, 0.15) is 5.60 Å². The van der Waals surface area contributed by atoms with Crippen LogP contribution >= 0.6 is 0 Å². The molecular weight excluding hydrogens is 464 g/mol. The smallest absolute Gasteiger partial charge is 0.442 e. The van der Waals surface area contributed by atoms with Crippen LogP contribution in [0.1, 0.15) is 82.5 Å². The fraction of sp³-hybridized carbons (Fsp3) is 0.560. The van der Waals surface area contributed by atoms with Gasteiger partial charge in [-0.3, -0.25) is 4.98 Å². The lowest BCUT2D eigenvalue weighted by Gasteiger charge is -2.26. The summed E-state index contributed by atoms with van der Waals surface area (Å²) < 4.78 is 5.42. The van der Waals surface area contributed by atoms with Crippen molar-refractivity contribution in [2.45, 2.75) is 77.7 Å². The van der Waals surface area contributed by atoms with Crippen molar-refractivity contribution in [3.8, 4) is 0 Å². The third-order valence-electron chi connectivity index (χ3n) is 5.40. The molecule has 1 aromatic heterocycles. The van der Waals surface area contributed by atoms with Crippen molar-refractivity contribution >= 4 is 29.6 Å². The van der Waals surface area contributed by atoms with Gasteiger partial charge >= 0.3 is 17.8 Å². The van der Waals surface area contributed by atoms with E-state index in [1.165, 1.54) is 0 Å². The Labute approximate surface area is 211 Å². The van der Waals surface area contributed by atoms with Crippen LogP contribution in [0.2, 0.25) is 0 Å². The summed E-state index contributed by atoms with van der Waals surface area (Å²) in [6, 6.07) is 6.41. The number of carbonyl (C=O) groups is 2. The van der Waals surface area contributed by atoms with Crippen LogP contribution < -0.4 is 16.3 Å². The maximum absolute atomic E-state index is 12.8. The molecule has 0 saturated heterocycles. The molecule has 0 spiro atoms. The molecule has 0 aliphatic carbocycles. The Balaban J connectivity index is 1.76. The Kier molecular flexibility index (Phi) is 9.66. The Morgan fingerprint density at radius 2 is 1.58 bits per heavy atom. The van der Waals surface area contributed by atoms with E-state index in [1.54, 1.807) is 45.0 Å². The second kappa shape index (κ2) is 12.9. The highest BCUT2D eigenvalue weighted by Crippen LogP contribution is 2.17. The van der Waals surface area contributed by atoms with Gasteiger partial charge < -0.3 is 20.2 Å². The van der Waals surface area contributed by atoms with Gasteiger partial charge in [-0.05, 0) is 57.9 Å². The zero-order chi connectivity index (χ0) is 26.0. The predicted octanol–water partition coefficient (Wildman–Crippen LogP) is 4.76. The molecule has 0 unspecified atom stereocenters. The molecule has 2 aromatic rings. The first kappa shape index (κ1) is 27.0. The molecule has 0 fully saturated rings. The first-order valence-electron chi connectivity index (χ1n) is 12.5. The van der Waals surface area contributed by atoms with Crippen LogP contribution in [0, 0.1) is 0 Å². The van der Waals surface area contributed by atoms with E-state index in [2.05, 4.69) is 25.6 Å². The number of rotatable bonds is 0. The number of hydrogen-bond acceptors (Lipinski definition) is 9. The number of ether oxygens (including phenoxy) is 1. The first-order valence-corrected chi connectivity index (χ1v) is 12.5. The lowest BCUT2D eigenvalue weighted by molar-refractivity contribution is -0.108. The average Bonchev–Trinajstić information content (AvgIpc) is 2.80. The zero-order valence-corrected chi connectivity index (χ0v) is 21.3. The maximum Gasteiger partial charge on any atom is 0.443 e. The SMILES string of the molecule is CC(C)(C)OC(=O)N1CCCCCCCCCCNc2nc([nH]c(=O)n2)Nc2ccc(cc2)C(=O)O1. The molecule has 2 aliphatic rings. The molecule has 36 heavy (non-hydrogen) atoms. The zero-order valence-electron chi connectivity index (χ0n) is 21.3. The van der Waals surface area contributed by atoms with E-state index in [9.17, 15) is 14.4 Å². The minimum absolute atomic E-state index is 0.228. The van der Waals surface area contributed by atoms with Crippen LogP contribution in [0.25, 0.3) is 0 Å². The molecule has 3 N–H and O–H groups in total. The summed E-state index contributed by atoms with van der Waals surface area (Å²) >= 11 is 0. The summed E-state index contributed by atoms with van der Waals surface area (Å²) in [6.07, 6.45) is 7.31. The van der Waals surface area contributed by atoms with E-state index in [-0.39, 0.29) is 24.0 Å². The molecule has 11 heteroatoms. The standard InChI is InChI=1S/C25H36N6O5/c1-25(2,3)35-24(34)31-17-11-9-7-5-4-6-8-10-16-26-21-28-22(30-23(33)29-21)27-19-14-12-18(13-15-19)20(32)36-31/h12-15H,4-11,16-17H2,1-3H3,(H3,26,27,28,29,30,33). The second-order valence-corrected chi connectivity index (χ2v) is 9.74. The number of hydroxylamine groups is 2. The van der Waals surface area contributed by atoms with E-state index in [1.807, 2.05) is 0 Å². The number of hydrogen-bond donors (Lipinski definition) is 3. The lowest BCUT2D eigenvalue weighted by Crippen LogP contribution is -2.39. The monoisotopic (exact) mass is 500 g/mol. The summed E-state index contributed by atoms with van der Waals surface area (Å²) in [5.74, 6) is -0.187. The fourth-order valence-corrected chi connectivity index (χ4v) is 3.63. The molecule has 11 nitrogen and oxygen atoms in total. The lowest BCUT2D eigenvalue weighted by atomic mass is 10.1. The van der Waals surface area contributed by atoms with E-state index in [0.29, 0.717) is 18.7 Å². The summed E-state index contributed by atoms with van der Waals surface area (Å²) in [7, 11) is 0. The summed E-state index contributed by atoms with van der Waals surface area (Å²) in [5.41, 5.74) is -0.380. The van der Waals surface area contributed by atoms with Gasteiger partial charge in [-0.25, -0.2) is 14.4 Å². The van der Waals surface area contributed by atoms with Gasteiger partial charge in [0.25, 0.3) is 0 Å². The fourth-order valence-electron chi connectivity index (χ4n) is 3.63. The van der Waals surface area contributed by atoms with E-state index < -0.39 is 23.4 Å². The normalized spacial score (nSPS) is 16.5. The number of H-pyrrole nitrogens is 1. The Hall–Kier alpha value is -3.63. The van der Waals surface area contributed by atoms with Crippen molar-refractivity contribution in [1.82, 2.24) is 20.0 Å². The molecule has 3 heterocycles. The summed E-state index contributed by atoms with van der Waals surface area (Å²) in [6.45, 7) is 6.23. The molecule has 0 saturated carbocycles. The van der Waals surface area contributed by atoms with Gasteiger partial charge in [-0.1, -0.05) is 38.5 Å². The summed E-state index contributed by atoms with van der Waals surface area (Å²) in [4.78, 5) is 53.5. The minimum Gasteiger partial charge on any atom is -0.442 e. The number of carbonyl (C=O) groups excluding carboxylic acids is 2. The predicted molar refractivity (Wildman–Crippen MR) is 136 cm³/mol. The maximum atomic E-state index is 12.8. The molecule has 196 valence electrons. The van der Waals surface area contributed by atoms with Crippen LogP contribution in [0.4, 0.5) is 22.4 Å². The average molecular weight is 501 g/mol. The Morgan fingerprint density at radius 3 is 2.25 bits per heavy atom. The van der Waals surface area contributed by atoms with Crippen LogP contribution in [-0.4, -0.2) is 50.8 Å². The van der Waals surface area contributed by atoms with E-state index in [0.717, 1.165) is 50.0 Å². The molecule has 1 amide bonds. The number of amides is 1. The van der Waals surface area contributed by atoms with Crippen molar-refractivity contribution in [1.29, 1.82) is 0 Å². The van der Waals surface area contributed by atoms with Gasteiger partial charge in [-0.2, -0.15) is 9.97 Å². The number of aromatic nitrogens is 3. The first-order chi connectivity index (χ1) is 17.2. The van der Waals surface area contributed by atoms with Gasteiger partial charge in [-0.15, -0.1) is 5.06 Å². The molecular formula is C25H36N6O5. The Morgan fingerprint density at radius 1 is 0.944 bits per heavy atom. The molecule has 0 atom stereocenters. The third-order valence-corrected chi connectivity index (χ3v) is 5.40. The largest absolute Gasteiger partial charge is 0.443 e. The molecule has 0 radical (unpaired) electrons. The highest BCUT2D eigenvalue weighted by Gasteiger charge is 2.25. The van der Waals surface area contributed by atoms with Crippen molar-refractivity contribution in [3.05, 3.63) is 40.3 Å². The number of aromatic amines is 1. The van der Waals surface area contributed by atoms with Crippen molar-refractivity contribution in [3.63, 3.8) is 0 Å². The number of fused-ring (bicyclic) bond motifs is 15. The molecule has 4 bridgehead atoms. The van der Waals surface area contributed by atoms with Crippen LogP contribution in [-0.2, 0) is 9.57 Å². The van der Waals surface area contributed by atoms with Crippen LogP contribution in [0.5, 0.6) is 0 Å². The third kappa shape index (κ3) is 9.20. The molecule has 2 aliphatic heterocycles. The number of benzene rings is 1. The van der Waals surface area contributed by atoms with Gasteiger partial charge in [0.2, 0.25) is 11.9 Å². The molecule has 4 rings (SSSR count). The molecule has 1 aromatic carbocycles. The quantitative estimate of drug-likeness (QED) is 0.467. The topological polar surface area (TPSA) is 139 Å². The van der Waals surface area contributed by atoms with Crippen LogP contribution in [0.3, 0.4) is 0 Å². The van der Waals surface area contributed by atoms with Crippen LogP contribution in [0.15, 0.2) is 29.1 Å². The number of anilines is 3. The minimum atomic E-state index is -0.713. The van der Waals surface area contributed by atoms with Crippen molar-refractivity contribution in [2.75, 3.05) is 23.7 Å².